The Balaban J connectivity index is 2.35. The third kappa shape index (κ3) is 3.26. The first kappa shape index (κ1) is 13.4. The van der Waals surface area contributed by atoms with Crippen LogP contribution in [-0.2, 0) is 0 Å². The second kappa shape index (κ2) is 6.25. The van der Waals surface area contributed by atoms with Crippen molar-refractivity contribution < 1.29 is 14.6 Å². The number of hydrogen-bond donors (Lipinski definition) is 1. The summed E-state index contributed by atoms with van der Waals surface area (Å²) in [5, 5.41) is 10.4. The zero-order valence-electron chi connectivity index (χ0n) is 11.2. The van der Waals surface area contributed by atoms with Crippen LogP contribution in [0.2, 0.25) is 0 Å². The third-order valence-corrected chi connectivity index (χ3v) is 2.88. The molecule has 0 heterocycles. The van der Waals surface area contributed by atoms with E-state index >= 15 is 0 Å². The van der Waals surface area contributed by atoms with Gasteiger partial charge in [0.1, 0.15) is 17.6 Å². The van der Waals surface area contributed by atoms with Crippen LogP contribution in [0.15, 0.2) is 48.5 Å². The van der Waals surface area contributed by atoms with Gasteiger partial charge in [-0.3, -0.25) is 0 Å². The Morgan fingerprint density at radius 1 is 1.00 bits per heavy atom. The molecule has 0 aliphatic rings. The maximum absolute atomic E-state index is 10.4. The van der Waals surface area contributed by atoms with Crippen LogP contribution in [0.25, 0.3) is 0 Å². The van der Waals surface area contributed by atoms with E-state index in [-0.39, 0.29) is 0 Å². The van der Waals surface area contributed by atoms with Gasteiger partial charge in [-0.15, -0.1) is 0 Å². The van der Waals surface area contributed by atoms with E-state index in [4.69, 9.17) is 9.47 Å². The lowest BCUT2D eigenvalue weighted by atomic mass is 10.0. The van der Waals surface area contributed by atoms with Crippen LogP contribution in [0.4, 0.5) is 0 Å². The van der Waals surface area contributed by atoms with Crippen molar-refractivity contribution in [2.75, 3.05) is 13.7 Å². The molecule has 0 spiro atoms. The number of aliphatic hydroxyl groups excluding tert-OH is 1. The first-order valence-corrected chi connectivity index (χ1v) is 6.29. The SMILES string of the molecule is CCOc1cc(OC)cc(C(O)c2ccccc2)c1. The fraction of sp³-hybridized carbons (Fsp3) is 0.250. The molecule has 2 aromatic rings. The van der Waals surface area contributed by atoms with Crippen LogP contribution in [0.1, 0.15) is 24.2 Å². The highest BCUT2D eigenvalue weighted by Crippen LogP contribution is 2.29. The normalized spacial score (nSPS) is 11.9. The monoisotopic (exact) mass is 258 g/mol. The van der Waals surface area contributed by atoms with E-state index in [2.05, 4.69) is 0 Å². The van der Waals surface area contributed by atoms with E-state index in [1.807, 2.05) is 55.5 Å². The highest BCUT2D eigenvalue weighted by Gasteiger charge is 2.12. The lowest BCUT2D eigenvalue weighted by Gasteiger charge is -2.14. The van der Waals surface area contributed by atoms with Crippen LogP contribution in [0, 0.1) is 0 Å². The standard InChI is InChI=1S/C16H18O3/c1-3-19-15-10-13(9-14(11-15)18-2)16(17)12-7-5-4-6-8-12/h4-11,16-17H,3H2,1-2H3. The minimum absolute atomic E-state index is 0.577. The van der Waals surface area contributed by atoms with Crippen molar-refractivity contribution in [3.8, 4) is 11.5 Å². The quantitative estimate of drug-likeness (QED) is 0.895. The van der Waals surface area contributed by atoms with Gasteiger partial charge in [-0.1, -0.05) is 30.3 Å². The van der Waals surface area contributed by atoms with Gasteiger partial charge in [-0.05, 0) is 30.2 Å². The Kier molecular flexibility index (Phi) is 4.42. The van der Waals surface area contributed by atoms with Crippen LogP contribution >= 0.6 is 0 Å². The Morgan fingerprint density at radius 2 is 1.68 bits per heavy atom. The molecule has 3 nitrogen and oxygen atoms in total. The summed E-state index contributed by atoms with van der Waals surface area (Å²) in [6.07, 6.45) is -0.685. The van der Waals surface area contributed by atoms with E-state index in [0.717, 1.165) is 11.1 Å². The van der Waals surface area contributed by atoms with E-state index in [1.165, 1.54) is 0 Å². The largest absolute Gasteiger partial charge is 0.497 e. The summed E-state index contributed by atoms with van der Waals surface area (Å²) in [4.78, 5) is 0. The third-order valence-electron chi connectivity index (χ3n) is 2.88. The lowest BCUT2D eigenvalue weighted by Crippen LogP contribution is -2.01. The first-order valence-electron chi connectivity index (χ1n) is 6.29. The maximum Gasteiger partial charge on any atom is 0.123 e. The maximum atomic E-state index is 10.4. The number of methoxy groups -OCH3 is 1. The molecule has 100 valence electrons. The molecule has 2 rings (SSSR count). The predicted molar refractivity (Wildman–Crippen MR) is 74.7 cm³/mol. The molecule has 0 amide bonds. The molecule has 1 atom stereocenters. The van der Waals surface area contributed by atoms with Crippen LogP contribution in [0.3, 0.4) is 0 Å². The fourth-order valence-corrected chi connectivity index (χ4v) is 1.95. The summed E-state index contributed by atoms with van der Waals surface area (Å²) >= 11 is 0. The van der Waals surface area contributed by atoms with Gasteiger partial charge >= 0.3 is 0 Å². The topological polar surface area (TPSA) is 38.7 Å². The summed E-state index contributed by atoms with van der Waals surface area (Å²) in [6.45, 7) is 2.50. The van der Waals surface area contributed by atoms with Crippen molar-refractivity contribution in [3.05, 3.63) is 59.7 Å². The van der Waals surface area contributed by atoms with E-state index in [0.29, 0.717) is 18.1 Å². The Morgan fingerprint density at radius 3 is 2.32 bits per heavy atom. The van der Waals surface area contributed by atoms with E-state index in [9.17, 15) is 5.11 Å². The number of benzene rings is 2. The minimum Gasteiger partial charge on any atom is -0.497 e. The zero-order valence-corrected chi connectivity index (χ0v) is 11.2. The van der Waals surface area contributed by atoms with Gasteiger partial charge in [0.2, 0.25) is 0 Å². The molecule has 0 aromatic heterocycles. The van der Waals surface area contributed by atoms with Gasteiger partial charge in [-0.25, -0.2) is 0 Å². The fourth-order valence-electron chi connectivity index (χ4n) is 1.95. The highest BCUT2D eigenvalue weighted by molar-refractivity contribution is 5.42. The van der Waals surface area contributed by atoms with Crippen molar-refractivity contribution in [1.82, 2.24) is 0 Å². The van der Waals surface area contributed by atoms with E-state index in [1.54, 1.807) is 7.11 Å². The lowest BCUT2D eigenvalue weighted by molar-refractivity contribution is 0.219. The second-order valence-electron chi connectivity index (χ2n) is 4.19. The van der Waals surface area contributed by atoms with Gasteiger partial charge in [0.15, 0.2) is 0 Å². The van der Waals surface area contributed by atoms with E-state index < -0.39 is 6.10 Å². The van der Waals surface area contributed by atoms with Crippen LogP contribution < -0.4 is 9.47 Å². The molecule has 0 radical (unpaired) electrons. The summed E-state index contributed by atoms with van der Waals surface area (Å²) in [6, 6.07) is 15.0. The molecular weight excluding hydrogens is 240 g/mol. The van der Waals surface area contributed by atoms with Crippen LogP contribution in [0.5, 0.6) is 11.5 Å². The van der Waals surface area contributed by atoms with Crippen molar-refractivity contribution in [1.29, 1.82) is 0 Å². The average Bonchev–Trinajstić information content (AvgIpc) is 2.47. The van der Waals surface area contributed by atoms with Gasteiger partial charge in [-0.2, -0.15) is 0 Å². The number of rotatable bonds is 5. The molecule has 0 saturated carbocycles. The molecule has 0 aliphatic carbocycles. The molecule has 0 fully saturated rings. The van der Waals surface area contributed by atoms with Gasteiger partial charge in [0, 0.05) is 6.07 Å². The minimum atomic E-state index is -0.685. The molecule has 1 unspecified atom stereocenters. The molecule has 3 heteroatoms. The van der Waals surface area contributed by atoms with Gasteiger partial charge in [0.25, 0.3) is 0 Å². The highest BCUT2D eigenvalue weighted by atomic mass is 16.5. The Hall–Kier alpha value is -2.00. The molecule has 0 bridgehead atoms. The zero-order chi connectivity index (χ0) is 13.7. The van der Waals surface area contributed by atoms with Crippen LogP contribution in [-0.4, -0.2) is 18.8 Å². The number of aliphatic hydroxyl groups is 1. The van der Waals surface area contributed by atoms with Gasteiger partial charge < -0.3 is 14.6 Å². The van der Waals surface area contributed by atoms with Crippen molar-refractivity contribution in [2.24, 2.45) is 0 Å². The molecule has 2 aromatic carbocycles. The predicted octanol–water partition coefficient (Wildman–Crippen LogP) is 3.18. The summed E-state index contributed by atoms with van der Waals surface area (Å²) < 4.78 is 10.7. The molecule has 0 aliphatic heterocycles. The number of ether oxygens (including phenoxy) is 2. The Labute approximate surface area is 113 Å². The number of hydrogen-bond acceptors (Lipinski definition) is 3. The van der Waals surface area contributed by atoms with Gasteiger partial charge in [0.05, 0.1) is 13.7 Å². The van der Waals surface area contributed by atoms with Crippen molar-refractivity contribution in [3.63, 3.8) is 0 Å². The second-order valence-corrected chi connectivity index (χ2v) is 4.19. The Bertz CT molecular complexity index is 523. The molecule has 1 N–H and O–H groups in total. The molecular formula is C16H18O3. The smallest absolute Gasteiger partial charge is 0.123 e. The summed E-state index contributed by atoms with van der Waals surface area (Å²) in [7, 11) is 1.60. The summed E-state index contributed by atoms with van der Waals surface area (Å²) in [5.41, 5.74) is 1.60. The first-order chi connectivity index (χ1) is 9.24. The average molecular weight is 258 g/mol. The molecule has 19 heavy (non-hydrogen) atoms. The molecule has 0 saturated heterocycles. The van der Waals surface area contributed by atoms with Crippen molar-refractivity contribution in [2.45, 2.75) is 13.0 Å². The van der Waals surface area contributed by atoms with Crippen molar-refractivity contribution >= 4 is 0 Å². The summed E-state index contributed by atoms with van der Waals surface area (Å²) in [5.74, 6) is 1.38.